The molecule has 1 radical (unpaired) electrons. The average Bonchev–Trinajstić information content (AvgIpc) is 2.12. The fourth-order valence-corrected chi connectivity index (χ4v) is 1.21. The first-order valence-corrected chi connectivity index (χ1v) is 4.17. The van der Waals surface area contributed by atoms with Gasteiger partial charge < -0.3 is 10.4 Å². The molecule has 1 amide bonds. The number of pyridine rings is 1. The highest BCUT2D eigenvalue weighted by molar-refractivity contribution is 5.72. The molecule has 0 aliphatic carbocycles. The Hall–Kier alpha value is -1.78. The van der Waals surface area contributed by atoms with Crippen molar-refractivity contribution in [2.45, 2.75) is 20.4 Å². The number of amides is 1. The summed E-state index contributed by atoms with van der Waals surface area (Å²) in [5, 5.41) is 11.6. The molecular formula is C9H11N2O3. The molecule has 1 aromatic heterocycles. The van der Waals surface area contributed by atoms with Crippen molar-refractivity contribution >= 4 is 12.1 Å². The van der Waals surface area contributed by atoms with E-state index in [1.165, 1.54) is 0 Å². The summed E-state index contributed by atoms with van der Waals surface area (Å²) in [5.74, 6) is -0.216. The van der Waals surface area contributed by atoms with Gasteiger partial charge in [-0.25, -0.2) is 0 Å². The second kappa shape index (κ2) is 3.95. The van der Waals surface area contributed by atoms with Crippen molar-refractivity contribution in [1.82, 2.24) is 4.57 Å². The van der Waals surface area contributed by atoms with Crippen molar-refractivity contribution in [2.24, 2.45) is 0 Å². The Morgan fingerprint density at radius 1 is 1.64 bits per heavy atom. The van der Waals surface area contributed by atoms with E-state index < -0.39 is 5.56 Å². The molecule has 0 spiro atoms. The maximum absolute atomic E-state index is 11.6. The van der Waals surface area contributed by atoms with Crippen LogP contribution in [-0.2, 0) is 11.3 Å². The molecule has 0 fully saturated rings. The van der Waals surface area contributed by atoms with E-state index in [1.54, 1.807) is 13.8 Å². The zero-order valence-electron chi connectivity index (χ0n) is 8.00. The van der Waals surface area contributed by atoms with E-state index in [-0.39, 0.29) is 11.6 Å². The lowest BCUT2D eigenvalue weighted by Crippen LogP contribution is -2.23. The van der Waals surface area contributed by atoms with Crippen molar-refractivity contribution in [3.8, 4) is 5.88 Å². The molecule has 0 aromatic carbocycles. The summed E-state index contributed by atoms with van der Waals surface area (Å²) in [5.41, 5.74) is 0.150. The molecule has 14 heavy (non-hydrogen) atoms. The normalized spacial score (nSPS) is 9.86. The number of rotatable bonds is 3. The van der Waals surface area contributed by atoms with E-state index in [0.29, 0.717) is 18.5 Å². The number of aromatic hydroxyl groups is 1. The summed E-state index contributed by atoms with van der Waals surface area (Å²) in [4.78, 5) is 21.8. The van der Waals surface area contributed by atoms with Crippen LogP contribution in [0.2, 0.25) is 0 Å². The van der Waals surface area contributed by atoms with Crippen molar-refractivity contribution < 1.29 is 9.90 Å². The molecule has 75 valence electrons. The van der Waals surface area contributed by atoms with Gasteiger partial charge in [-0.1, -0.05) is 0 Å². The summed E-state index contributed by atoms with van der Waals surface area (Å²) in [6, 6.07) is 2.58. The van der Waals surface area contributed by atoms with Crippen LogP contribution in [0.25, 0.3) is 0 Å². The van der Waals surface area contributed by atoms with Crippen molar-refractivity contribution in [3.05, 3.63) is 22.0 Å². The summed E-state index contributed by atoms with van der Waals surface area (Å²) < 4.78 is 1.12. The minimum Gasteiger partial charge on any atom is -0.494 e. The molecular weight excluding hydrogens is 184 g/mol. The van der Waals surface area contributed by atoms with Crippen LogP contribution < -0.4 is 10.9 Å². The van der Waals surface area contributed by atoms with E-state index in [1.807, 2.05) is 0 Å². The topological polar surface area (TPSA) is 71.3 Å². The fraction of sp³-hybridized carbons (Fsp3) is 0.333. The van der Waals surface area contributed by atoms with Crippen molar-refractivity contribution in [2.75, 3.05) is 5.32 Å². The van der Waals surface area contributed by atoms with Gasteiger partial charge in [-0.2, -0.15) is 0 Å². The Balaban J connectivity index is 3.43. The molecule has 0 atom stereocenters. The van der Waals surface area contributed by atoms with Gasteiger partial charge in [0.15, 0.2) is 0 Å². The summed E-state index contributed by atoms with van der Waals surface area (Å²) in [7, 11) is 0. The van der Waals surface area contributed by atoms with E-state index >= 15 is 0 Å². The molecule has 0 bridgehead atoms. The lowest BCUT2D eigenvalue weighted by atomic mass is 10.2. The van der Waals surface area contributed by atoms with Gasteiger partial charge in [0.1, 0.15) is 5.69 Å². The smallest absolute Gasteiger partial charge is 0.277 e. The monoisotopic (exact) mass is 195 g/mol. The quantitative estimate of drug-likeness (QED) is 0.679. The lowest BCUT2D eigenvalue weighted by Gasteiger charge is -2.09. The Morgan fingerprint density at radius 3 is 2.79 bits per heavy atom. The zero-order valence-corrected chi connectivity index (χ0v) is 8.00. The van der Waals surface area contributed by atoms with Crippen LogP contribution in [0.3, 0.4) is 0 Å². The van der Waals surface area contributed by atoms with Gasteiger partial charge in [0, 0.05) is 6.54 Å². The van der Waals surface area contributed by atoms with Crippen LogP contribution in [0.1, 0.15) is 12.5 Å². The van der Waals surface area contributed by atoms with Crippen LogP contribution in [0, 0.1) is 13.0 Å². The molecule has 1 rings (SSSR count). The first-order valence-electron chi connectivity index (χ1n) is 4.17. The second-order valence-electron chi connectivity index (χ2n) is 2.76. The van der Waals surface area contributed by atoms with Gasteiger partial charge >= 0.3 is 0 Å². The molecule has 5 heteroatoms. The van der Waals surface area contributed by atoms with E-state index in [9.17, 15) is 14.7 Å². The molecule has 1 heterocycles. The maximum Gasteiger partial charge on any atom is 0.277 e. The first-order chi connectivity index (χ1) is 6.61. The van der Waals surface area contributed by atoms with Crippen molar-refractivity contribution in [1.29, 1.82) is 0 Å². The SMILES string of the molecule is CCn1c(O)[c]c(C)c(NC=O)c1=O. The Morgan fingerprint density at radius 2 is 2.29 bits per heavy atom. The molecule has 2 N–H and O–H groups in total. The number of aromatic nitrogens is 1. The summed E-state index contributed by atoms with van der Waals surface area (Å²) >= 11 is 0. The highest BCUT2D eigenvalue weighted by atomic mass is 16.3. The Kier molecular flexibility index (Phi) is 2.91. The van der Waals surface area contributed by atoms with Gasteiger partial charge in [0.25, 0.3) is 5.56 Å². The van der Waals surface area contributed by atoms with Gasteiger partial charge in [-0.3, -0.25) is 14.2 Å². The number of nitrogens with one attached hydrogen (secondary N) is 1. The highest BCUT2D eigenvalue weighted by Gasteiger charge is 2.10. The third-order valence-corrected chi connectivity index (χ3v) is 1.91. The minimum atomic E-state index is -0.423. The average molecular weight is 195 g/mol. The predicted molar refractivity (Wildman–Crippen MR) is 51.3 cm³/mol. The van der Waals surface area contributed by atoms with Gasteiger partial charge in [0.2, 0.25) is 12.3 Å². The van der Waals surface area contributed by atoms with E-state index in [0.717, 1.165) is 4.57 Å². The second-order valence-corrected chi connectivity index (χ2v) is 2.76. The number of hydrogen-bond donors (Lipinski definition) is 2. The summed E-state index contributed by atoms with van der Waals surface area (Å²) in [6.45, 7) is 3.64. The zero-order chi connectivity index (χ0) is 10.7. The Bertz CT molecular complexity index is 409. The number of anilines is 1. The largest absolute Gasteiger partial charge is 0.494 e. The van der Waals surface area contributed by atoms with Crippen LogP contribution in [0.4, 0.5) is 5.69 Å². The molecule has 0 saturated heterocycles. The van der Waals surface area contributed by atoms with Crippen LogP contribution in [0.15, 0.2) is 4.79 Å². The molecule has 1 aromatic rings. The van der Waals surface area contributed by atoms with Crippen LogP contribution >= 0.6 is 0 Å². The predicted octanol–water partition coefficient (Wildman–Crippen LogP) is 0.251. The third-order valence-electron chi connectivity index (χ3n) is 1.91. The minimum absolute atomic E-state index is 0.152. The van der Waals surface area contributed by atoms with Gasteiger partial charge in [0.05, 0.1) is 6.07 Å². The standard InChI is InChI=1S/C9H11N2O3/c1-3-11-7(13)4-6(2)8(9(11)14)10-5-12/h5,13H,3H2,1-2H3,(H,10,12). The van der Waals surface area contributed by atoms with Crippen LogP contribution in [-0.4, -0.2) is 16.1 Å². The number of aryl methyl sites for hydroxylation is 1. The highest BCUT2D eigenvalue weighted by Crippen LogP contribution is 2.14. The lowest BCUT2D eigenvalue weighted by molar-refractivity contribution is -0.105. The van der Waals surface area contributed by atoms with Crippen molar-refractivity contribution in [3.63, 3.8) is 0 Å². The summed E-state index contributed by atoms with van der Waals surface area (Å²) in [6.07, 6.45) is 0.425. The molecule has 0 unspecified atom stereocenters. The first kappa shape index (κ1) is 10.3. The number of nitrogens with zero attached hydrogens (tertiary/aromatic N) is 1. The molecule has 0 aliphatic heterocycles. The molecule has 5 nitrogen and oxygen atoms in total. The third kappa shape index (κ3) is 1.61. The van der Waals surface area contributed by atoms with Gasteiger partial charge in [-0.15, -0.1) is 0 Å². The fourth-order valence-electron chi connectivity index (χ4n) is 1.21. The van der Waals surface area contributed by atoms with Gasteiger partial charge in [-0.05, 0) is 19.4 Å². The Labute approximate surface area is 81.0 Å². The number of carbonyl (C=O) groups is 1. The van der Waals surface area contributed by atoms with E-state index in [4.69, 9.17) is 0 Å². The van der Waals surface area contributed by atoms with Crippen LogP contribution in [0.5, 0.6) is 5.88 Å². The maximum atomic E-state index is 11.6. The van der Waals surface area contributed by atoms with E-state index in [2.05, 4.69) is 11.4 Å². The number of hydrogen-bond acceptors (Lipinski definition) is 3. The molecule has 0 aliphatic rings. The number of carbonyl (C=O) groups excluding carboxylic acids is 1. The molecule has 0 saturated carbocycles.